The monoisotopic (exact) mass is 429 g/mol. The molecule has 1 aliphatic rings. The third kappa shape index (κ3) is 4.15. The van der Waals surface area contributed by atoms with Crippen molar-refractivity contribution < 1.29 is 27.6 Å². The fourth-order valence-corrected chi connectivity index (χ4v) is 3.08. The highest BCUT2D eigenvalue weighted by Crippen LogP contribution is 2.32. The zero-order chi connectivity index (χ0) is 22.0. The van der Waals surface area contributed by atoms with E-state index in [0.29, 0.717) is 5.56 Å². The third-order valence-corrected chi connectivity index (χ3v) is 4.60. The van der Waals surface area contributed by atoms with Gasteiger partial charge in [0.25, 0.3) is 5.89 Å². The molecule has 11 heteroatoms. The van der Waals surface area contributed by atoms with Crippen LogP contribution in [-0.2, 0) is 4.74 Å². The first-order valence-electron chi connectivity index (χ1n) is 9.28. The average molecular weight is 429 g/mol. The summed E-state index contributed by atoms with van der Waals surface area (Å²) in [6.07, 6.45) is -1.45. The Labute approximate surface area is 175 Å². The topological polar surface area (TPSA) is 110 Å². The lowest BCUT2D eigenvalue weighted by atomic mass is 10.1. The molecule has 0 saturated carbocycles. The predicted octanol–water partition coefficient (Wildman–Crippen LogP) is 2.94. The summed E-state index contributed by atoms with van der Waals surface area (Å²) in [4.78, 5) is 28.5. The molecule has 31 heavy (non-hydrogen) atoms. The number of aromatic nitrogens is 2. The number of ether oxygens (including phenoxy) is 1. The van der Waals surface area contributed by atoms with Crippen LogP contribution < -0.4 is 15.5 Å². The number of halogens is 2. The number of benzene rings is 2. The minimum Gasteiger partial charge on any atom is -0.442 e. The Bertz CT molecular complexity index is 1100. The standard InChI is InChI=1S/C20H17F2N5O4/c1-23-19(28)24-9-13-10-27(20(29)30-13)12-7-14(21)16(15(22)8-12)18-25-17(26-31-18)11-5-3-2-4-6-11/h2-8,13H,9-10H2,1H3,(H2,23,24,28). The van der Waals surface area contributed by atoms with Gasteiger partial charge in [0, 0.05) is 12.6 Å². The molecule has 1 saturated heterocycles. The summed E-state index contributed by atoms with van der Waals surface area (Å²) in [5.41, 5.74) is 0.101. The van der Waals surface area contributed by atoms with Crippen LogP contribution in [0.3, 0.4) is 0 Å². The number of nitrogens with one attached hydrogen (secondary N) is 2. The van der Waals surface area contributed by atoms with Gasteiger partial charge in [-0.15, -0.1) is 0 Å². The van der Waals surface area contributed by atoms with Gasteiger partial charge in [-0.2, -0.15) is 4.98 Å². The summed E-state index contributed by atoms with van der Waals surface area (Å²) in [5, 5.41) is 8.64. The summed E-state index contributed by atoms with van der Waals surface area (Å²) < 4.78 is 39.7. The summed E-state index contributed by atoms with van der Waals surface area (Å²) in [6, 6.07) is 10.4. The Morgan fingerprint density at radius 1 is 1.23 bits per heavy atom. The van der Waals surface area contributed by atoms with E-state index in [9.17, 15) is 18.4 Å². The van der Waals surface area contributed by atoms with Crippen LogP contribution in [0.15, 0.2) is 47.0 Å². The van der Waals surface area contributed by atoms with E-state index < -0.39 is 35.4 Å². The molecule has 0 bridgehead atoms. The fraction of sp³-hybridized carbons (Fsp3) is 0.200. The van der Waals surface area contributed by atoms with Gasteiger partial charge in [-0.05, 0) is 12.1 Å². The van der Waals surface area contributed by atoms with Crippen LogP contribution in [0.1, 0.15) is 0 Å². The molecule has 1 aromatic heterocycles. The summed E-state index contributed by atoms with van der Waals surface area (Å²) in [7, 11) is 1.45. The van der Waals surface area contributed by atoms with Crippen molar-refractivity contribution in [2.75, 3.05) is 25.0 Å². The quantitative estimate of drug-likeness (QED) is 0.646. The van der Waals surface area contributed by atoms with Gasteiger partial charge in [-0.3, -0.25) is 4.90 Å². The minimum absolute atomic E-state index is 0.0137. The number of carbonyl (C=O) groups is 2. The Kier molecular flexibility index (Phi) is 5.48. The number of anilines is 1. The number of nitrogens with zero attached hydrogens (tertiary/aromatic N) is 3. The van der Waals surface area contributed by atoms with Crippen LogP contribution in [0.2, 0.25) is 0 Å². The summed E-state index contributed by atoms with van der Waals surface area (Å²) >= 11 is 0. The molecule has 0 radical (unpaired) electrons. The van der Waals surface area contributed by atoms with E-state index in [1.807, 2.05) is 6.07 Å². The SMILES string of the molecule is CNC(=O)NCC1CN(c2cc(F)c(-c3nc(-c4ccccc4)no3)c(F)c2)C(=O)O1. The minimum atomic E-state index is -0.974. The number of amides is 3. The van der Waals surface area contributed by atoms with Crippen LogP contribution in [0.5, 0.6) is 0 Å². The van der Waals surface area contributed by atoms with E-state index >= 15 is 0 Å². The fourth-order valence-electron chi connectivity index (χ4n) is 3.08. The molecule has 1 unspecified atom stereocenters. The molecule has 2 heterocycles. The van der Waals surface area contributed by atoms with E-state index in [0.717, 1.165) is 17.0 Å². The molecule has 3 aromatic rings. The molecule has 0 spiro atoms. The van der Waals surface area contributed by atoms with Gasteiger partial charge < -0.3 is 19.9 Å². The summed E-state index contributed by atoms with van der Waals surface area (Å²) in [6.45, 7) is 0.0645. The number of hydrogen-bond donors (Lipinski definition) is 2. The summed E-state index contributed by atoms with van der Waals surface area (Å²) in [5.74, 6) is -2.08. The average Bonchev–Trinajstić information content (AvgIpc) is 3.39. The molecule has 4 rings (SSSR count). The van der Waals surface area contributed by atoms with Crippen molar-refractivity contribution in [3.63, 3.8) is 0 Å². The Balaban J connectivity index is 1.55. The van der Waals surface area contributed by atoms with Crippen molar-refractivity contribution in [1.29, 1.82) is 0 Å². The first-order chi connectivity index (χ1) is 15.0. The number of carbonyl (C=O) groups excluding carboxylic acids is 2. The Morgan fingerprint density at radius 3 is 2.61 bits per heavy atom. The van der Waals surface area contributed by atoms with Crippen LogP contribution in [0.25, 0.3) is 22.8 Å². The van der Waals surface area contributed by atoms with Gasteiger partial charge in [0.15, 0.2) is 0 Å². The molecule has 2 aromatic carbocycles. The molecule has 1 fully saturated rings. The van der Waals surface area contributed by atoms with Gasteiger partial charge in [0.05, 0.1) is 18.8 Å². The van der Waals surface area contributed by atoms with E-state index in [1.54, 1.807) is 24.3 Å². The van der Waals surface area contributed by atoms with Crippen molar-refractivity contribution >= 4 is 17.8 Å². The number of cyclic esters (lactones) is 1. The second-order valence-electron chi connectivity index (χ2n) is 6.65. The zero-order valence-corrected chi connectivity index (χ0v) is 16.3. The van der Waals surface area contributed by atoms with E-state index in [2.05, 4.69) is 20.8 Å². The van der Waals surface area contributed by atoms with Crippen LogP contribution >= 0.6 is 0 Å². The maximum atomic E-state index is 14.8. The van der Waals surface area contributed by atoms with Gasteiger partial charge in [-0.1, -0.05) is 35.5 Å². The highest BCUT2D eigenvalue weighted by atomic mass is 19.1. The second kappa shape index (κ2) is 8.38. The molecular formula is C20H17F2N5O4. The molecule has 160 valence electrons. The van der Waals surface area contributed by atoms with Crippen LogP contribution in [0, 0.1) is 11.6 Å². The van der Waals surface area contributed by atoms with Crippen molar-refractivity contribution in [3.8, 4) is 22.8 Å². The van der Waals surface area contributed by atoms with Crippen LogP contribution in [-0.4, -0.2) is 48.5 Å². The maximum Gasteiger partial charge on any atom is 0.414 e. The van der Waals surface area contributed by atoms with Crippen molar-refractivity contribution in [2.24, 2.45) is 0 Å². The van der Waals surface area contributed by atoms with E-state index in [1.165, 1.54) is 7.05 Å². The second-order valence-corrected chi connectivity index (χ2v) is 6.65. The highest BCUT2D eigenvalue weighted by molar-refractivity contribution is 5.90. The van der Waals surface area contributed by atoms with Gasteiger partial charge in [0.1, 0.15) is 23.3 Å². The number of hydrogen-bond acceptors (Lipinski definition) is 6. The zero-order valence-electron chi connectivity index (χ0n) is 16.3. The molecule has 3 amide bonds. The third-order valence-electron chi connectivity index (χ3n) is 4.60. The van der Waals surface area contributed by atoms with Crippen molar-refractivity contribution in [1.82, 2.24) is 20.8 Å². The lowest BCUT2D eigenvalue weighted by Gasteiger charge is -2.14. The normalized spacial score (nSPS) is 15.6. The first-order valence-corrected chi connectivity index (χ1v) is 9.28. The molecule has 0 aliphatic carbocycles. The lowest BCUT2D eigenvalue weighted by molar-refractivity contribution is 0.140. The highest BCUT2D eigenvalue weighted by Gasteiger charge is 2.34. The Hall–Kier alpha value is -4.02. The molecule has 2 N–H and O–H groups in total. The largest absolute Gasteiger partial charge is 0.442 e. The van der Waals surface area contributed by atoms with Crippen molar-refractivity contribution in [3.05, 3.63) is 54.1 Å². The molecule has 1 aliphatic heterocycles. The van der Waals surface area contributed by atoms with E-state index in [4.69, 9.17) is 9.26 Å². The molecule has 9 nitrogen and oxygen atoms in total. The molecular weight excluding hydrogens is 412 g/mol. The number of urea groups is 1. The predicted molar refractivity (Wildman–Crippen MR) is 105 cm³/mol. The van der Waals surface area contributed by atoms with Gasteiger partial charge in [-0.25, -0.2) is 18.4 Å². The Morgan fingerprint density at radius 2 is 1.94 bits per heavy atom. The van der Waals surface area contributed by atoms with Gasteiger partial charge >= 0.3 is 12.1 Å². The van der Waals surface area contributed by atoms with Crippen LogP contribution in [0.4, 0.5) is 24.1 Å². The lowest BCUT2D eigenvalue weighted by Crippen LogP contribution is -2.39. The van der Waals surface area contributed by atoms with E-state index in [-0.39, 0.29) is 30.5 Å². The molecule has 1 atom stereocenters. The van der Waals surface area contributed by atoms with Crippen molar-refractivity contribution in [2.45, 2.75) is 6.10 Å². The van der Waals surface area contributed by atoms with Gasteiger partial charge in [0.2, 0.25) is 5.82 Å². The first kappa shape index (κ1) is 20.3. The maximum absolute atomic E-state index is 14.8. The number of rotatable bonds is 5. The smallest absolute Gasteiger partial charge is 0.414 e.